The second kappa shape index (κ2) is 11.2. The normalized spacial score (nSPS) is 11.7. The molecule has 176 valence electrons. The summed E-state index contributed by atoms with van der Waals surface area (Å²) in [5, 5.41) is 24.8. The molecule has 6 heteroatoms. The van der Waals surface area contributed by atoms with E-state index in [1.54, 1.807) is 42.5 Å². The number of allylic oxidation sites excluding steroid dienone is 3. The summed E-state index contributed by atoms with van der Waals surface area (Å²) in [6, 6.07) is 15.1. The van der Waals surface area contributed by atoms with Gasteiger partial charge in [0.1, 0.15) is 0 Å². The van der Waals surface area contributed by atoms with Crippen LogP contribution in [0.25, 0.3) is 22.9 Å². The highest BCUT2D eigenvalue weighted by Gasteiger charge is 2.16. The third kappa shape index (κ3) is 6.25. The lowest BCUT2D eigenvalue weighted by molar-refractivity contribution is 0.538. The van der Waals surface area contributed by atoms with E-state index in [0.29, 0.717) is 28.5 Å². The van der Waals surface area contributed by atoms with Crippen LogP contribution in [-0.4, -0.2) is 22.0 Å². The zero-order chi connectivity index (χ0) is 24.0. The van der Waals surface area contributed by atoms with Gasteiger partial charge in [0.25, 0.3) is 0 Å². The molecule has 3 aromatic rings. The monoisotopic (exact) mass is 456 g/mol. The van der Waals surface area contributed by atoms with Crippen LogP contribution in [0.4, 0.5) is 0 Å². The maximum Gasteiger partial charge on any atom is 0.248 e. The van der Waals surface area contributed by atoms with E-state index in [4.69, 9.17) is 20.0 Å². The molecule has 0 unspecified atom stereocenters. The standard InChI is InChI=1S/C27H28N4O2.CH4/c1-6-9-18(10-7-2)23(28)32-24(29)20-11-8-12-21(17-20)26-31-30-25(33-26)19-13-15-22(16-14-19)27(3,4)5;/h6-17,28-29H,1H2,2-5H3;1H4/b10-7-,18-9+,28-23?,29-24?;. The lowest BCUT2D eigenvalue weighted by atomic mass is 9.87. The van der Waals surface area contributed by atoms with E-state index in [2.05, 4.69) is 49.7 Å². The first-order valence-corrected chi connectivity index (χ1v) is 10.6. The van der Waals surface area contributed by atoms with E-state index < -0.39 is 0 Å². The Morgan fingerprint density at radius 3 is 2.24 bits per heavy atom. The number of hydrogen-bond acceptors (Lipinski definition) is 6. The smallest absolute Gasteiger partial charge is 0.248 e. The van der Waals surface area contributed by atoms with E-state index in [0.717, 1.165) is 5.56 Å². The van der Waals surface area contributed by atoms with Crippen molar-refractivity contribution in [3.8, 4) is 22.9 Å². The van der Waals surface area contributed by atoms with Gasteiger partial charge in [0.15, 0.2) is 0 Å². The first kappa shape index (κ1) is 26.2. The Hall–Kier alpha value is -4.06. The van der Waals surface area contributed by atoms with Crippen LogP contribution >= 0.6 is 0 Å². The third-order valence-corrected chi connectivity index (χ3v) is 4.90. The zero-order valence-corrected chi connectivity index (χ0v) is 19.3. The van der Waals surface area contributed by atoms with Gasteiger partial charge < -0.3 is 9.15 Å². The van der Waals surface area contributed by atoms with Gasteiger partial charge in [0.05, 0.1) is 0 Å². The Balaban J connectivity index is 0.00000408. The van der Waals surface area contributed by atoms with Crippen molar-refractivity contribution in [1.29, 1.82) is 10.8 Å². The molecule has 6 nitrogen and oxygen atoms in total. The predicted molar refractivity (Wildman–Crippen MR) is 139 cm³/mol. The summed E-state index contributed by atoms with van der Waals surface area (Å²) in [5.41, 5.74) is 3.80. The van der Waals surface area contributed by atoms with Gasteiger partial charge in [-0.25, -0.2) is 0 Å². The minimum Gasteiger partial charge on any atom is -0.421 e. The number of ether oxygens (including phenoxy) is 1. The Morgan fingerprint density at radius 2 is 1.65 bits per heavy atom. The average molecular weight is 457 g/mol. The minimum absolute atomic E-state index is 0. The summed E-state index contributed by atoms with van der Waals surface area (Å²) in [6.45, 7) is 12.0. The second-order valence-electron chi connectivity index (χ2n) is 8.44. The summed E-state index contributed by atoms with van der Waals surface area (Å²) in [7, 11) is 0. The van der Waals surface area contributed by atoms with Crippen LogP contribution in [0.3, 0.4) is 0 Å². The Labute approximate surface area is 201 Å². The van der Waals surface area contributed by atoms with Gasteiger partial charge in [-0.15, -0.1) is 10.2 Å². The van der Waals surface area contributed by atoms with Crippen molar-refractivity contribution < 1.29 is 9.15 Å². The summed E-state index contributed by atoms with van der Waals surface area (Å²) < 4.78 is 11.3. The largest absolute Gasteiger partial charge is 0.421 e. The molecule has 0 fully saturated rings. The van der Waals surface area contributed by atoms with Crippen LogP contribution in [0.5, 0.6) is 0 Å². The van der Waals surface area contributed by atoms with Gasteiger partial charge in [0, 0.05) is 22.3 Å². The topological polar surface area (TPSA) is 95.8 Å². The van der Waals surface area contributed by atoms with Crippen molar-refractivity contribution in [2.75, 3.05) is 0 Å². The lowest BCUT2D eigenvalue weighted by Crippen LogP contribution is -2.13. The molecule has 3 rings (SSSR count). The SMILES string of the molecule is C.C=C/C=C(\C=C/C)C(=N)OC(=N)c1cccc(-c2nnc(-c3ccc(C(C)(C)C)cc3)o2)c1. The summed E-state index contributed by atoms with van der Waals surface area (Å²) in [5.74, 6) is 0.478. The van der Waals surface area contributed by atoms with Crippen LogP contribution in [0.1, 0.15) is 46.2 Å². The van der Waals surface area contributed by atoms with Gasteiger partial charge in [-0.2, -0.15) is 0 Å². The third-order valence-electron chi connectivity index (χ3n) is 4.90. The molecule has 0 spiro atoms. The van der Waals surface area contributed by atoms with Gasteiger partial charge in [-0.05, 0) is 48.2 Å². The maximum absolute atomic E-state index is 8.28. The molecule has 1 aromatic heterocycles. The number of hydrogen-bond donors (Lipinski definition) is 2. The Kier molecular flexibility index (Phi) is 8.62. The van der Waals surface area contributed by atoms with Crippen LogP contribution < -0.4 is 0 Å². The first-order chi connectivity index (χ1) is 15.7. The van der Waals surface area contributed by atoms with Crippen LogP contribution in [-0.2, 0) is 10.2 Å². The number of nitrogens with zero attached hydrogens (tertiary/aromatic N) is 2. The van der Waals surface area contributed by atoms with Crippen molar-refractivity contribution in [2.45, 2.75) is 40.5 Å². The fourth-order valence-corrected chi connectivity index (χ4v) is 3.10. The molecule has 0 atom stereocenters. The molecule has 1 heterocycles. The number of nitrogens with one attached hydrogen (secondary N) is 2. The van der Waals surface area contributed by atoms with Gasteiger partial charge in [0.2, 0.25) is 23.6 Å². The average Bonchev–Trinajstić information content (AvgIpc) is 3.29. The minimum atomic E-state index is -0.154. The zero-order valence-electron chi connectivity index (χ0n) is 19.3. The molecular weight excluding hydrogens is 424 g/mol. The molecule has 0 bridgehead atoms. The fraction of sp³-hybridized carbons (Fsp3) is 0.214. The van der Waals surface area contributed by atoms with Crippen LogP contribution in [0, 0.1) is 10.8 Å². The number of benzene rings is 2. The predicted octanol–water partition coefficient (Wildman–Crippen LogP) is 7.34. The molecule has 0 aliphatic rings. The Morgan fingerprint density at radius 1 is 1.00 bits per heavy atom. The fourth-order valence-electron chi connectivity index (χ4n) is 3.10. The highest BCUT2D eigenvalue weighted by atomic mass is 16.5. The summed E-state index contributed by atoms with van der Waals surface area (Å²) in [4.78, 5) is 0. The highest BCUT2D eigenvalue weighted by molar-refractivity contribution is 6.06. The molecule has 2 N–H and O–H groups in total. The first-order valence-electron chi connectivity index (χ1n) is 10.6. The molecular formula is C28H32N4O2. The molecule has 2 aromatic carbocycles. The van der Waals surface area contributed by atoms with Crippen molar-refractivity contribution >= 4 is 11.8 Å². The number of rotatable bonds is 6. The van der Waals surface area contributed by atoms with E-state index >= 15 is 0 Å². The van der Waals surface area contributed by atoms with Gasteiger partial charge in [-0.3, -0.25) is 10.8 Å². The molecule has 34 heavy (non-hydrogen) atoms. The number of aromatic nitrogens is 2. The molecule has 0 amide bonds. The maximum atomic E-state index is 8.28. The van der Waals surface area contributed by atoms with E-state index in [1.807, 2.05) is 25.1 Å². The highest BCUT2D eigenvalue weighted by Crippen LogP contribution is 2.28. The molecule has 0 radical (unpaired) electrons. The van der Waals surface area contributed by atoms with Crippen LogP contribution in [0.2, 0.25) is 0 Å². The molecule has 0 saturated heterocycles. The quantitative estimate of drug-likeness (QED) is 0.230. The van der Waals surface area contributed by atoms with Crippen molar-refractivity contribution in [3.05, 3.63) is 96.1 Å². The van der Waals surface area contributed by atoms with Gasteiger partial charge >= 0.3 is 0 Å². The van der Waals surface area contributed by atoms with Crippen LogP contribution in [0.15, 0.2) is 89.4 Å². The summed E-state index contributed by atoms with van der Waals surface area (Å²) >= 11 is 0. The molecule has 0 saturated carbocycles. The second-order valence-corrected chi connectivity index (χ2v) is 8.44. The van der Waals surface area contributed by atoms with E-state index in [-0.39, 0.29) is 24.6 Å². The van der Waals surface area contributed by atoms with Crippen molar-refractivity contribution in [1.82, 2.24) is 10.2 Å². The Bertz CT molecular complexity index is 1230. The molecule has 0 aliphatic carbocycles. The lowest BCUT2D eigenvalue weighted by Gasteiger charge is -2.18. The van der Waals surface area contributed by atoms with Crippen molar-refractivity contribution in [3.63, 3.8) is 0 Å². The molecule has 0 aliphatic heterocycles. The van der Waals surface area contributed by atoms with Gasteiger partial charge in [-0.1, -0.05) is 77.3 Å². The summed E-state index contributed by atoms with van der Waals surface area (Å²) in [6.07, 6.45) is 6.74. The van der Waals surface area contributed by atoms with Crippen molar-refractivity contribution in [2.24, 2.45) is 0 Å². The van der Waals surface area contributed by atoms with E-state index in [1.165, 1.54) is 5.56 Å². The van der Waals surface area contributed by atoms with E-state index in [9.17, 15) is 0 Å².